The van der Waals surface area contributed by atoms with E-state index in [2.05, 4.69) is 4.98 Å². The van der Waals surface area contributed by atoms with Gasteiger partial charge in [-0.15, -0.1) is 0 Å². The summed E-state index contributed by atoms with van der Waals surface area (Å²) in [6.07, 6.45) is 4.75. The molecule has 0 aliphatic heterocycles. The Hall–Kier alpha value is -2.50. The fourth-order valence-electron chi connectivity index (χ4n) is 1.79. The van der Waals surface area contributed by atoms with Gasteiger partial charge in [-0.05, 0) is 19.1 Å². The molecule has 0 atom stereocenters. The predicted octanol–water partition coefficient (Wildman–Crippen LogP) is 2.07. The third kappa shape index (κ3) is 3.09. The highest BCUT2D eigenvalue weighted by Crippen LogP contribution is 2.19. The van der Waals surface area contributed by atoms with Crippen LogP contribution in [-0.2, 0) is 11.3 Å². The zero-order chi connectivity index (χ0) is 14.5. The summed E-state index contributed by atoms with van der Waals surface area (Å²) in [5.41, 5.74) is 7.42. The zero-order valence-electron chi connectivity index (χ0n) is 11.5. The number of nitrogens with two attached hydrogens (primary N) is 1. The summed E-state index contributed by atoms with van der Waals surface area (Å²) >= 11 is 0. The molecule has 6 heteroatoms. The van der Waals surface area contributed by atoms with E-state index in [0.717, 1.165) is 5.56 Å². The minimum atomic E-state index is -0.439. The molecule has 0 saturated heterocycles. The summed E-state index contributed by atoms with van der Waals surface area (Å²) in [6.45, 7) is 2.68. The monoisotopic (exact) mass is 275 g/mol. The SMILES string of the molecule is CCOC(=O)c1cc(N(C)Cc2ccoc2)ncc1N. The average Bonchev–Trinajstić information content (AvgIpc) is 2.92. The maximum absolute atomic E-state index is 11.8. The Morgan fingerprint density at radius 1 is 1.55 bits per heavy atom. The number of nitrogens with zero attached hydrogens (tertiary/aromatic N) is 2. The Morgan fingerprint density at radius 2 is 2.35 bits per heavy atom. The lowest BCUT2D eigenvalue weighted by molar-refractivity contribution is 0.0527. The summed E-state index contributed by atoms with van der Waals surface area (Å²) in [7, 11) is 1.88. The van der Waals surface area contributed by atoms with Gasteiger partial charge in [0, 0.05) is 19.2 Å². The number of furan rings is 1. The number of nitrogen functional groups attached to an aromatic ring is 1. The van der Waals surface area contributed by atoms with Crippen LogP contribution in [0, 0.1) is 0 Å². The van der Waals surface area contributed by atoms with Crippen LogP contribution in [0.2, 0.25) is 0 Å². The van der Waals surface area contributed by atoms with Gasteiger partial charge in [0.05, 0.1) is 36.6 Å². The lowest BCUT2D eigenvalue weighted by Gasteiger charge is -2.18. The molecule has 2 aromatic rings. The van der Waals surface area contributed by atoms with Crippen molar-refractivity contribution in [3.63, 3.8) is 0 Å². The first-order chi connectivity index (χ1) is 9.61. The number of rotatable bonds is 5. The van der Waals surface area contributed by atoms with Crippen molar-refractivity contribution in [2.45, 2.75) is 13.5 Å². The smallest absolute Gasteiger partial charge is 0.340 e. The lowest BCUT2D eigenvalue weighted by Crippen LogP contribution is -2.19. The topological polar surface area (TPSA) is 81.6 Å². The molecule has 0 aromatic carbocycles. The summed E-state index contributed by atoms with van der Waals surface area (Å²) in [5, 5.41) is 0. The molecule has 0 unspecified atom stereocenters. The van der Waals surface area contributed by atoms with Gasteiger partial charge in [0.25, 0.3) is 0 Å². The molecular weight excluding hydrogens is 258 g/mol. The maximum atomic E-state index is 11.8. The van der Waals surface area contributed by atoms with Crippen molar-refractivity contribution in [1.82, 2.24) is 4.98 Å². The van der Waals surface area contributed by atoms with Crippen LogP contribution in [0.5, 0.6) is 0 Å². The molecule has 0 aliphatic carbocycles. The van der Waals surface area contributed by atoms with E-state index >= 15 is 0 Å². The van der Waals surface area contributed by atoms with Gasteiger partial charge < -0.3 is 19.8 Å². The largest absolute Gasteiger partial charge is 0.472 e. The molecule has 2 heterocycles. The lowest BCUT2D eigenvalue weighted by atomic mass is 10.2. The normalized spacial score (nSPS) is 10.3. The van der Waals surface area contributed by atoms with Crippen LogP contribution in [0.25, 0.3) is 0 Å². The third-order valence-electron chi connectivity index (χ3n) is 2.81. The molecule has 0 bridgehead atoms. The van der Waals surface area contributed by atoms with Gasteiger partial charge >= 0.3 is 5.97 Å². The van der Waals surface area contributed by atoms with Gasteiger partial charge in [-0.25, -0.2) is 9.78 Å². The number of hydrogen-bond acceptors (Lipinski definition) is 6. The summed E-state index contributed by atoms with van der Waals surface area (Å²) in [4.78, 5) is 17.9. The highest BCUT2D eigenvalue weighted by molar-refractivity contribution is 5.95. The number of anilines is 2. The quantitative estimate of drug-likeness (QED) is 0.841. The Labute approximate surface area is 117 Å². The van der Waals surface area contributed by atoms with E-state index in [4.69, 9.17) is 14.9 Å². The van der Waals surface area contributed by atoms with Gasteiger partial charge in [-0.2, -0.15) is 0 Å². The van der Waals surface area contributed by atoms with E-state index in [-0.39, 0.29) is 0 Å². The predicted molar refractivity (Wildman–Crippen MR) is 75.4 cm³/mol. The maximum Gasteiger partial charge on any atom is 0.340 e. The van der Waals surface area contributed by atoms with Crippen LogP contribution in [-0.4, -0.2) is 24.6 Å². The Morgan fingerprint density at radius 3 is 3.00 bits per heavy atom. The van der Waals surface area contributed by atoms with E-state index in [9.17, 15) is 4.79 Å². The number of carbonyl (C=O) groups excluding carboxylic acids is 1. The summed E-state index contributed by atoms with van der Waals surface area (Å²) in [6, 6.07) is 3.51. The number of hydrogen-bond donors (Lipinski definition) is 1. The van der Waals surface area contributed by atoms with Crippen LogP contribution >= 0.6 is 0 Å². The summed E-state index contributed by atoms with van der Waals surface area (Å²) in [5.74, 6) is 0.203. The number of esters is 1. The van der Waals surface area contributed by atoms with Crippen LogP contribution in [0.3, 0.4) is 0 Å². The van der Waals surface area contributed by atoms with Crippen molar-refractivity contribution >= 4 is 17.5 Å². The van der Waals surface area contributed by atoms with E-state index in [1.165, 1.54) is 6.20 Å². The second kappa shape index (κ2) is 6.10. The van der Waals surface area contributed by atoms with Crippen LogP contribution < -0.4 is 10.6 Å². The van der Waals surface area contributed by atoms with Crippen molar-refractivity contribution < 1.29 is 13.9 Å². The highest BCUT2D eigenvalue weighted by atomic mass is 16.5. The van der Waals surface area contributed by atoms with Gasteiger partial charge in [-0.3, -0.25) is 0 Å². The molecular formula is C14H17N3O3. The molecule has 0 radical (unpaired) electrons. The molecule has 2 aromatic heterocycles. The molecule has 0 saturated carbocycles. The molecule has 0 aliphatic rings. The second-order valence-corrected chi connectivity index (χ2v) is 4.34. The molecule has 106 valence electrons. The first kappa shape index (κ1) is 13.9. The van der Waals surface area contributed by atoms with Gasteiger partial charge in [0.2, 0.25) is 0 Å². The highest BCUT2D eigenvalue weighted by Gasteiger charge is 2.14. The van der Waals surface area contributed by atoms with E-state index in [1.54, 1.807) is 25.5 Å². The van der Waals surface area contributed by atoms with Crippen molar-refractivity contribution in [2.75, 3.05) is 24.3 Å². The van der Waals surface area contributed by atoms with Crippen LogP contribution in [0.1, 0.15) is 22.8 Å². The number of ether oxygens (including phenoxy) is 1. The first-order valence-electron chi connectivity index (χ1n) is 6.26. The number of aromatic nitrogens is 1. The second-order valence-electron chi connectivity index (χ2n) is 4.34. The Balaban J connectivity index is 2.20. The van der Waals surface area contributed by atoms with Crippen LogP contribution in [0.4, 0.5) is 11.5 Å². The van der Waals surface area contributed by atoms with E-state index in [0.29, 0.717) is 30.2 Å². The molecule has 2 N–H and O–H groups in total. The first-order valence-corrected chi connectivity index (χ1v) is 6.26. The minimum absolute atomic E-state index is 0.306. The third-order valence-corrected chi connectivity index (χ3v) is 2.81. The van der Waals surface area contributed by atoms with Crippen molar-refractivity contribution in [2.24, 2.45) is 0 Å². The minimum Gasteiger partial charge on any atom is -0.472 e. The van der Waals surface area contributed by atoms with Crippen LogP contribution in [0.15, 0.2) is 35.3 Å². The van der Waals surface area contributed by atoms with E-state index in [1.807, 2.05) is 18.0 Å². The fraction of sp³-hybridized carbons (Fsp3) is 0.286. The fourth-order valence-corrected chi connectivity index (χ4v) is 1.79. The Kier molecular flexibility index (Phi) is 4.24. The van der Waals surface area contributed by atoms with Gasteiger partial charge in [0.15, 0.2) is 0 Å². The molecule has 0 fully saturated rings. The van der Waals surface area contributed by atoms with Crippen molar-refractivity contribution in [3.8, 4) is 0 Å². The Bertz CT molecular complexity index is 581. The average molecular weight is 275 g/mol. The van der Waals surface area contributed by atoms with Crippen molar-refractivity contribution in [3.05, 3.63) is 42.0 Å². The molecule has 20 heavy (non-hydrogen) atoms. The number of pyridine rings is 1. The summed E-state index contributed by atoms with van der Waals surface area (Å²) < 4.78 is 9.99. The number of carbonyl (C=O) groups is 1. The van der Waals surface area contributed by atoms with Gasteiger partial charge in [0.1, 0.15) is 5.82 Å². The molecule has 2 rings (SSSR count). The zero-order valence-corrected chi connectivity index (χ0v) is 11.5. The van der Waals surface area contributed by atoms with Gasteiger partial charge in [-0.1, -0.05) is 0 Å². The standard InChI is InChI=1S/C14H17N3O3/c1-3-20-14(18)11-6-13(16-7-12(11)15)17(2)8-10-4-5-19-9-10/h4-7,9H,3,8,15H2,1-2H3. The molecule has 0 amide bonds. The molecule has 0 spiro atoms. The van der Waals surface area contributed by atoms with E-state index < -0.39 is 5.97 Å². The van der Waals surface area contributed by atoms with Crippen molar-refractivity contribution in [1.29, 1.82) is 0 Å². The molecule has 6 nitrogen and oxygen atoms in total.